The van der Waals surface area contributed by atoms with E-state index in [1.165, 1.54) is 16.7 Å². The zero-order valence-electron chi connectivity index (χ0n) is 10.6. The highest BCUT2D eigenvalue weighted by atomic mass is 16.3. The number of rotatable bonds is 2. The second-order valence-electron chi connectivity index (χ2n) is 4.94. The molecule has 18 heavy (non-hydrogen) atoms. The lowest BCUT2D eigenvalue weighted by atomic mass is 10.1. The molecule has 92 valence electrons. The van der Waals surface area contributed by atoms with Gasteiger partial charge in [0.15, 0.2) is 0 Å². The first kappa shape index (κ1) is 11.1. The first-order chi connectivity index (χ1) is 8.74. The molecule has 0 unspecified atom stereocenters. The zero-order chi connectivity index (χ0) is 12.5. The van der Waals surface area contributed by atoms with Crippen molar-refractivity contribution >= 4 is 5.69 Å². The predicted octanol–water partition coefficient (Wildman–Crippen LogP) is 3.26. The molecule has 0 aromatic heterocycles. The third-order valence-electron chi connectivity index (χ3n) is 3.56. The SMILES string of the molecule is Cc1ccc(CN2CCc3cccc(O)c32)cc1. The fourth-order valence-corrected chi connectivity index (χ4v) is 2.58. The van der Waals surface area contributed by atoms with Crippen LogP contribution in [0.25, 0.3) is 0 Å². The van der Waals surface area contributed by atoms with Gasteiger partial charge in [0.05, 0.1) is 5.69 Å². The number of hydrogen-bond acceptors (Lipinski definition) is 2. The smallest absolute Gasteiger partial charge is 0.139 e. The van der Waals surface area contributed by atoms with Gasteiger partial charge in [-0.3, -0.25) is 0 Å². The van der Waals surface area contributed by atoms with Crippen LogP contribution >= 0.6 is 0 Å². The molecular weight excluding hydrogens is 222 g/mol. The Morgan fingerprint density at radius 2 is 1.89 bits per heavy atom. The minimum absolute atomic E-state index is 0.400. The number of phenols is 1. The lowest BCUT2D eigenvalue weighted by molar-refractivity contribution is 0.475. The third kappa shape index (κ3) is 1.94. The van der Waals surface area contributed by atoms with E-state index < -0.39 is 0 Å². The molecule has 0 saturated carbocycles. The standard InChI is InChI=1S/C16H17NO/c1-12-5-7-13(8-6-12)11-17-10-9-14-3-2-4-15(18)16(14)17/h2-8,18H,9-11H2,1H3. The Balaban J connectivity index is 1.86. The van der Waals surface area contributed by atoms with Crippen molar-refractivity contribution in [1.29, 1.82) is 0 Å². The number of hydrogen-bond donors (Lipinski definition) is 1. The number of benzene rings is 2. The van der Waals surface area contributed by atoms with E-state index in [-0.39, 0.29) is 0 Å². The predicted molar refractivity (Wildman–Crippen MR) is 74.0 cm³/mol. The second kappa shape index (κ2) is 4.37. The molecule has 0 spiro atoms. The van der Waals surface area contributed by atoms with Crippen LogP contribution in [0.1, 0.15) is 16.7 Å². The number of fused-ring (bicyclic) bond motifs is 1. The normalized spacial score (nSPS) is 13.7. The topological polar surface area (TPSA) is 23.5 Å². The first-order valence-electron chi connectivity index (χ1n) is 6.35. The Morgan fingerprint density at radius 3 is 2.67 bits per heavy atom. The van der Waals surface area contributed by atoms with Crippen LogP contribution in [-0.4, -0.2) is 11.7 Å². The molecule has 0 amide bonds. The van der Waals surface area contributed by atoms with Crippen LogP contribution in [0.2, 0.25) is 0 Å². The van der Waals surface area contributed by atoms with E-state index in [0.717, 1.165) is 25.2 Å². The van der Waals surface area contributed by atoms with Crippen LogP contribution in [0, 0.1) is 6.92 Å². The van der Waals surface area contributed by atoms with Crippen molar-refractivity contribution < 1.29 is 5.11 Å². The third-order valence-corrected chi connectivity index (χ3v) is 3.56. The van der Waals surface area contributed by atoms with E-state index in [9.17, 15) is 5.11 Å². The van der Waals surface area contributed by atoms with Crippen LogP contribution in [0.4, 0.5) is 5.69 Å². The molecule has 0 atom stereocenters. The average Bonchev–Trinajstić information content (AvgIpc) is 2.77. The molecule has 2 heteroatoms. The Labute approximate surface area is 107 Å². The molecule has 1 N–H and O–H groups in total. The maximum absolute atomic E-state index is 9.98. The van der Waals surface area contributed by atoms with Gasteiger partial charge in [0, 0.05) is 13.1 Å². The molecular formula is C16H17NO. The van der Waals surface area contributed by atoms with Gasteiger partial charge in [-0.25, -0.2) is 0 Å². The monoisotopic (exact) mass is 239 g/mol. The van der Waals surface area contributed by atoms with E-state index in [4.69, 9.17) is 0 Å². The van der Waals surface area contributed by atoms with Crippen molar-refractivity contribution in [3.8, 4) is 5.75 Å². The van der Waals surface area contributed by atoms with Crippen LogP contribution in [0.3, 0.4) is 0 Å². The highest BCUT2D eigenvalue weighted by molar-refractivity contribution is 5.66. The van der Waals surface area contributed by atoms with Crippen molar-refractivity contribution in [1.82, 2.24) is 0 Å². The molecule has 1 aliphatic rings. The van der Waals surface area contributed by atoms with Gasteiger partial charge in [0.1, 0.15) is 5.75 Å². The summed E-state index contributed by atoms with van der Waals surface area (Å²) in [6.07, 6.45) is 1.02. The molecule has 2 aromatic rings. The van der Waals surface area contributed by atoms with Gasteiger partial charge in [0.25, 0.3) is 0 Å². The number of nitrogens with zero attached hydrogens (tertiary/aromatic N) is 1. The maximum atomic E-state index is 9.98. The molecule has 0 bridgehead atoms. The summed E-state index contributed by atoms with van der Waals surface area (Å²) in [6.45, 7) is 3.95. The van der Waals surface area contributed by atoms with Crippen molar-refractivity contribution in [3.05, 3.63) is 59.2 Å². The van der Waals surface area contributed by atoms with Gasteiger partial charge in [-0.05, 0) is 30.5 Å². The van der Waals surface area contributed by atoms with E-state index in [1.54, 1.807) is 6.07 Å². The lowest BCUT2D eigenvalue weighted by Crippen LogP contribution is -2.19. The van der Waals surface area contributed by atoms with Crippen LogP contribution in [0.15, 0.2) is 42.5 Å². The molecule has 2 aromatic carbocycles. The summed E-state index contributed by atoms with van der Waals surface area (Å²) in [5.41, 5.74) is 4.83. The fourth-order valence-electron chi connectivity index (χ4n) is 2.58. The first-order valence-corrected chi connectivity index (χ1v) is 6.35. The molecule has 2 nitrogen and oxygen atoms in total. The van der Waals surface area contributed by atoms with Gasteiger partial charge in [-0.2, -0.15) is 0 Å². The molecule has 0 fully saturated rings. The van der Waals surface area contributed by atoms with Crippen molar-refractivity contribution in [2.24, 2.45) is 0 Å². The minimum atomic E-state index is 0.400. The fraction of sp³-hybridized carbons (Fsp3) is 0.250. The summed E-state index contributed by atoms with van der Waals surface area (Å²) >= 11 is 0. The van der Waals surface area contributed by atoms with Gasteiger partial charge in [-0.1, -0.05) is 42.0 Å². The molecule has 0 aliphatic carbocycles. The molecule has 1 heterocycles. The summed E-state index contributed by atoms with van der Waals surface area (Å²) < 4.78 is 0. The number of para-hydroxylation sites is 1. The largest absolute Gasteiger partial charge is 0.506 e. The van der Waals surface area contributed by atoms with E-state index in [0.29, 0.717) is 5.75 Å². The molecule has 1 aliphatic heterocycles. The van der Waals surface area contributed by atoms with Crippen molar-refractivity contribution in [2.75, 3.05) is 11.4 Å². The average molecular weight is 239 g/mol. The van der Waals surface area contributed by atoms with Gasteiger partial charge >= 0.3 is 0 Å². The Morgan fingerprint density at radius 1 is 1.11 bits per heavy atom. The Kier molecular flexibility index (Phi) is 2.71. The molecule has 0 saturated heterocycles. The lowest BCUT2D eigenvalue weighted by Gasteiger charge is -2.20. The quantitative estimate of drug-likeness (QED) is 0.869. The second-order valence-corrected chi connectivity index (χ2v) is 4.94. The van der Waals surface area contributed by atoms with Gasteiger partial charge in [0.2, 0.25) is 0 Å². The number of aromatic hydroxyl groups is 1. The number of aryl methyl sites for hydroxylation is 1. The maximum Gasteiger partial charge on any atom is 0.139 e. The van der Waals surface area contributed by atoms with Gasteiger partial charge in [-0.15, -0.1) is 0 Å². The Hall–Kier alpha value is -1.96. The number of phenolic OH excluding ortho intramolecular Hbond substituents is 1. The minimum Gasteiger partial charge on any atom is -0.506 e. The van der Waals surface area contributed by atoms with Crippen LogP contribution in [0.5, 0.6) is 5.75 Å². The summed E-state index contributed by atoms with van der Waals surface area (Å²) in [6, 6.07) is 14.4. The van der Waals surface area contributed by atoms with Crippen molar-refractivity contribution in [3.63, 3.8) is 0 Å². The Bertz CT molecular complexity index is 560. The number of anilines is 1. The van der Waals surface area contributed by atoms with E-state index in [1.807, 2.05) is 6.07 Å². The van der Waals surface area contributed by atoms with Crippen LogP contribution < -0.4 is 4.90 Å². The van der Waals surface area contributed by atoms with Crippen molar-refractivity contribution in [2.45, 2.75) is 19.9 Å². The zero-order valence-corrected chi connectivity index (χ0v) is 10.6. The highest BCUT2D eigenvalue weighted by Gasteiger charge is 2.21. The summed E-state index contributed by atoms with van der Waals surface area (Å²) in [4.78, 5) is 2.26. The highest BCUT2D eigenvalue weighted by Crippen LogP contribution is 2.36. The summed E-state index contributed by atoms with van der Waals surface area (Å²) in [7, 11) is 0. The van der Waals surface area contributed by atoms with Gasteiger partial charge < -0.3 is 10.0 Å². The van der Waals surface area contributed by atoms with Crippen LogP contribution in [-0.2, 0) is 13.0 Å². The molecule has 3 rings (SSSR count). The summed E-state index contributed by atoms with van der Waals surface area (Å²) in [5.74, 6) is 0.400. The summed E-state index contributed by atoms with van der Waals surface area (Å²) in [5, 5.41) is 9.98. The van der Waals surface area contributed by atoms with E-state index in [2.05, 4.69) is 42.2 Å². The molecule has 0 radical (unpaired) electrons. The van der Waals surface area contributed by atoms with E-state index >= 15 is 0 Å².